The number of amides is 1. The second-order valence-electron chi connectivity index (χ2n) is 9.07. The summed E-state index contributed by atoms with van der Waals surface area (Å²) < 4.78 is 7.39. The van der Waals surface area contributed by atoms with Gasteiger partial charge in [-0.1, -0.05) is 6.07 Å². The molecule has 0 spiro atoms. The molecule has 0 unspecified atom stereocenters. The van der Waals surface area contributed by atoms with Crippen molar-refractivity contribution < 1.29 is 14.3 Å². The number of hydrogen-bond acceptors (Lipinski definition) is 5. The lowest BCUT2D eigenvalue weighted by atomic mass is 10.1. The van der Waals surface area contributed by atoms with Crippen LogP contribution in [0.25, 0.3) is 10.9 Å². The zero-order valence-electron chi connectivity index (χ0n) is 19.8. The number of hydrogen-bond donors (Lipinski definition) is 0. The lowest BCUT2D eigenvalue weighted by Gasteiger charge is -2.31. The Morgan fingerprint density at radius 3 is 2.73 bits per heavy atom. The van der Waals surface area contributed by atoms with Crippen LogP contribution in [0.4, 0.5) is 0 Å². The van der Waals surface area contributed by atoms with Crippen molar-refractivity contribution in [1.29, 1.82) is 5.26 Å². The monoisotopic (exact) mass is 450 g/mol. The molecule has 1 aromatic carbocycles. The fraction of sp³-hybridized carbons (Fsp3) is 0.577. The van der Waals surface area contributed by atoms with Crippen LogP contribution in [0.3, 0.4) is 0 Å². The van der Waals surface area contributed by atoms with E-state index in [0.717, 1.165) is 69.1 Å². The molecular weight excluding hydrogens is 416 g/mol. The third-order valence-corrected chi connectivity index (χ3v) is 7.12. The summed E-state index contributed by atoms with van der Waals surface area (Å²) in [6.07, 6.45) is 5.64. The minimum atomic E-state index is -0.248. The predicted octanol–water partition coefficient (Wildman–Crippen LogP) is 3.48. The highest BCUT2D eigenvalue weighted by molar-refractivity contribution is 5.84. The van der Waals surface area contributed by atoms with Gasteiger partial charge in [0.05, 0.1) is 30.8 Å². The van der Waals surface area contributed by atoms with Crippen molar-refractivity contribution in [2.24, 2.45) is 0 Å². The van der Waals surface area contributed by atoms with Gasteiger partial charge in [0.15, 0.2) is 0 Å². The number of aryl methyl sites for hydroxylation is 2. The summed E-state index contributed by atoms with van der Waals surface area (Å²) in [6, 6.07) is 10.3. The number of aromatic nitrogens is 1. The van der Waals surface area contributed by atoms with Crippen LogP contribution >= 0.6 is 0 Å². The molecule has 0 radical (unpaired) electrons. The van der Waals surface area contributed by atoms with Gasteiger partial charge in [-0.25, -0.2) is 0 Å². The molecule has 1 aromatic heterocycles. The van der Waals surface area contributed by atoms with Crippen molar-refractivity contribution in [3.63, 3.8) is 0 Å². The van der Waals surface area contributed by atoms with Gasteiger partial charge in [0.25, 0.3) is 0 Å². The van der Waals surface area contributed by atoms with E-state index in [1.807, 2.05) is 23.1 Å². The summed E-state index contributed by atoms with van der Waals surface area (Å²) in [4.78, 5) is 29.5. The van der Waals surface area contributed by atoms with Crippen LogP contribution in [0.15, 0.2) is 24.3 Å². The molecule has 0 N–H and O–H groups in total. The molecule has 2 aliphatic heterocycles. The van der Waals surface area contributed by atoms with Crippen LogP contribution in [0.5, 0.6) is 0 Å². The molecule has 33 heavy (non-hydrogen) atoms. The molecule has 0 aliphatic carbocycles. The second kappa shape index (κ2) is 10.4. The number of fused-ring (bicyclic) bond motifs is 1. The Morgan fingerprint density at radius 1 is 1.15 bits per heavy atom. The van der Waals surface area contributed by atoms with Gasteiger partial charge in [0, 0.05) is 30.3 Å². The van der Waals surface area contributed by atoms with Crippen LogP contribution in [0, 0.1) is 11.3 Å². The van der Waals surface area contributed by atoms with E-state index in [1.165, 1.54) is 5.69 Å². The van der Waals surface area contributed by atoms with Gasteiger partial charge in [0.2, 0.25) is 5.91 Å². The molecule has 2 aliphatic rings. The number of carbonyl (C=O) groups is 2. The van der Waals surface area contributed by atoms with Gasteiger partial charge >= 0.3 is 5.97 Å². The lowest BCUT2D eigenvalue weighted by Crippen LogP contribution is -2.48. The molecule has 7 heteroatoms. The fourth-order valence-corrected chi connectivity index (χ4v) is 5.56. The van der Waals surface area contributed by atoms with Gasteiger partial charge in [-0.3, -0.25) is 14.5 Å². The molecule has 2 fully saturated rings. The van der Waals surface area contributed by atoms with Crippen LogP contribution in [-0.2, 0) is 27.3 Å². The average molecular weight is 451 g/mol. The molecule has 2 saturated heterocycles. The number of esters is 1. The van der Waals surface area contributed by atoms with Gasteiger partial charge in [-0.2, -0.15) is 5.26 Å². The highest BCUT2D eigenvalue weighted by Gasteiger charge is 2.38. The molecule has 1 amide bonds. The average Bonchev–Trinajstić information content (AvgIpc) is 3.54. The van der Waals surface area contributed by atoms with Crippen LogP contribution in [-0.4, -0.2) is 64.6 Å². The predicted molar refractivity (Wildman–Crippen MR) is 127 cm³/mol. The molecule has 176 valence electrons. The first kappa shape index (κ1) is 23.3. The van der Waals surface area contributed by atoms with Crippen molar-refractivity contribution in [1.82, 2.24) is 14.4 Å². The summed E-state index contributed by atoms with van der Waals surface area (Å²) in [5.41, 5.74) is 3.04. The number of carbonyl (C=O) groups excluding carboxylic acids is 2. The zero-order valence-corrected chi connectivity index (χ0v) is 19.8. The summed E-state index contributed by atoms with van der Waals surface area (Å²) in [5, 5.41) is 10.4. The zero-order chi connectivity index (χ0) is 23.4. The first-order chi connectivity index (χ1) is 16.0. The van der Waals surface area contributed by atoms with E-state index < -0.39 is 0 Å². The molecule has 0 bridgehead atoms. The SMILES string of the molecule is CCOC(=O)CN1CCC[C@H]1C(=O)N1CCC[C@H]1CCc1cc2ccc(C#N)cc2n1CC. The largest absolute Gasteiger partial charge is 0.465 e. The van der Waals surface area contributed by atoms with Gasteiger partial charge in [-0.05, 0) is 82.5 Å². The van der Waals surface area contributed by atoms with E-state index in [9.17, 15) is 14.9 Å². The topological polar surface area (TPSA) is 78.6 Å². The number of rotatable bonds is 8. The van der Waals surface area contributed by atoms with E-state index in [4.69, 9.17) is 4.74 Å². The maximum absolute atomic E-state index is 13.4. The van der Waals surface area contributed by atoms with Crippen molar-refractivity contribution in [2.75, 3.05) is 26.2 Å². The molecule has 3 heterocycles. The van der Waals surface area contributed by atoms with Crippen LogP contribution < -0.4 is 0 Å². The smallest absolute Gasteiger partial charge is 0.320 e. The molecular formula is C26H34N4O3. The number of benzene rings is 1. The minimum Gasteiger partial charge on any atom is -0.465 e. The van der Waals surface area contributed by atoms with E-state index in [2.05, 4.69) is 28.5 Å². The van der Waals surface area contributed by atoms with E-state index in [-0.39, 0.29) is 30.5 Å². The highest BCUT2D eigenvalue weighted by atomic mass is 16.5. The van der Waals surface area contributed by atoms with Gasteiger partial charge < -0.3 is 14.2 Å². The van der Waals surface area contributed by atoms with Crippen LogP contribution in [0.1, 0.15) is 57.2 Å². The summed E-state index contributed by atoms with van der Waals surface area (Å²) in [5.74, 6) is -0.0730. The summed E-state index contributed by atoms with van der Waals surface area (Å²) in [6.45, 7) is 6.93. The van der Waals surface area contributed by atoms with Crippen molar-refractivity contribution in [2.45, 2.75) is 71.0 Å². The molecule has 2 atom stereocenters. The third kappa shape index (κ3) is 4.91. The molecule has 2 aromatic rings. The first-order valence-corrected chi connectivity index (χ1v) is 12.3. The Balaban J connectivity index is 1.43. The molecule has 7 nitrogen and oxygen atoms in total. The Labute approximate surface area is 195 Å². The van der Waals surface area contributed by atoms with E-state index in [0.29, 0.717) is 12.2 Å². The van der Waals surface area contributed by atoms with Gasteiger partial charge in [0.1, 0.15) is 0 Å². The third-order valence-electron chi connectivity index (χ3n) is 7.12. The molecule has 0 saturated carbocycles. The van der Waals surface area contributed by atoms with Crippen LogP contribution in [0.2, 0.25) is 0 Å². The van der Waals surface area contributed by atoms with Crippen molar-refractivity contribution in [3.05, 3.63) is 35.5 Å². The van der Waals surface area contributed by atoms with Crippen molar-refractivity contribution >= 4 is 22.8 Å². The highest BCUT2D eigenvalue weighted by Crippen LogP contribution is 2.28. The standard InChI is InChI=1S/C26H34N4O3/c1-3-29-22(16-20-10-9-19(17-27)15-24(20)29)12-11-21-7-5-14-30(21)26(32)23-8-6-13-28(23)18-25(31)33-4-2/h9-10,15-16,21,23H,3-8,11-14,18H2,1-2H3/t21-,23-/m0/s1. The maximum Gasteiger partial charge on any atom is 0.320 e. The minimum absolute atomic E-state index is 0.175. The summed E-state index contributed by atoms with van der Waals surface area (Å²) in [7, 11) is 0. The number of likely N-dealkylation sites (tertiary alicyclic amines) is 2. The maximum atomic E-state index is 13.4. The number of nitriles is 1. The normalized spacial score (nSPS) is 20.9. The Morgan fingerprint density at radius 2 is 1.97 bits per heavy atom. The Kier molecular flexibility index (Phi) is 7.34. The Hall–Kier alpha value is -2.85. The fourth-order valence-electron chi connectivity index (χ4n) is 5.56. The van der Waals surface area contributed by atoms with Crippen molar-refractivity contribution in [3.8, 4) is 6.07 Å². The first-order valence-electron chi connectivity index (χ1n) is 12.3. The van der Waals surface area contributed by atoms with Gasteiger partial charge in [-0.15, -0.1) is 0 Å². The second-order valence-corrected chi connectivity index (χ2v) is 9.07. The number of ether oxygens (including phenoxy) is 1. The van der Waals surface area contributed by atoms with E-state index >= 15 is 0 Å². The molecule has 4 rings (SSSR count). The lowest BCUT2D eigenvalue weighted by molar-refractivity contribution is -0.146. The number of nitrogens with zero attached hydrogens (tertiary/aromatic N) is 4. The Bertz CT molecular complexity index is 1050. The van der Waals surface area contributed by atoms with E-state index in [1.54, 1.807) is 6.92 Å². The quantitative estimate of drug-likeness (QED) is 0.576. The summed E-state index contributed by atoms with van der Waals surface area (Å²) >= 11 is 0.